The van der Waals surface area contributed by atoms with E-state index in [2.05, 4.69) is 15.9 Å². The molecular weight excluding hydrogens is 302 g/mol. The van der Waals surface area contributed by atoms with Crippen LogP contribution in [0.2, 0.25) is 0 Å². The standard InChI is InChI=1S/C12H14BrNO4/c1-2-16-11(15)5-9(14)7-3-8(13)12-10(4-7)17-6-18-12/h3-4,9H,2,5-6,14H2,1H3/t9-/m0/s1. The second-order valence-electron chi connectivity index (χ2n) is 3.85. The highest BCUT2D eigenvalue weighted by Crippen LogP contribution is 2.41. The maximum Gasteiger partial charge on any atom is 0.307 e. The van der Waals surface area contributed by atoms with E-state index in [-0.39, 0.29) is 19.2 Å². The number of hydrogen-bond acceptors (Lipinski definition) is 5. The Labute approximate surface area is 113 Å². The highest BCUT2D eigenvalue weighted by molar-refractivity contribution is 9.10. The Balaban J connectivity index is 2.13. The average molecular weight is 316 g/mol. The molecule has 1 aromatic rings. The zero-order chi connectivity index (χ0) is 13.1. The van der Waals surface area contributed by atoms with Crippen LogP contribution in [0.3, 0.4) is 0 Å². The second kappa shape index (κ2) is 5.58. The molecule has 1 aromatic carbocycles. The summed E-state index contributed by atoms with van der Waals surface area (Å²) in [6, 6.07) is 3.20. The Morgan fingerprint density at radius 3 is 3.06 bits per heavy atom. The van der Waals surface area contributed by atoms with Crippen LogP contribution in [0.5, 0.6) is 11.5 Å². The highest BCUT2D eigenvalue weighted by atomic mass is 79.9. The maximum atomic E-state index is 11.4. The Morgan fingerprint density at radius 2 is 2.33 bits per heavy atom. The average Bonchev–Trinajstić information content (AvgIpc) is 2.77. The topological polar surface area (TPSA) is 70.8 Å². The van der Waals surface area contributed by atoms with E-state index < -0.39 is 6.04 Å². The summed E-state index contributed by atoms with van der Waals surface area (Å²) in [6.07, 6.45) is 0.139. The van der Waals surface area contributed by atoms with Crippen molar-refractivity contribution in [2.24, 2.45) is 5.73 Å². The van der Waals surface area contributed by atoms with Crippen LogP contribution in [0.1, 0.15) is 24.9 Å². The summed E-state index contributed by atoms with van der Waals surface area (Å²) < 4.78 is 16.2. The monoisotopic (exact) mass is 315 g/mol. The van der Waals surface area contributed by atoms with Crippen molar-refractivity contribution in [2.45, 2.75) is 19.4 Å². The predicted octanol–water partition coefficient (Wildman–Crippen LogP) is 2.13. The van der Waals surface area contributed by atoms with Crippen LogP contribution < -0.4 is 15.2 Å². The molecule has 0 saturated heterocycles. The zero-order valence-corrected chi connectivity index (χ0v) is 11.5. The third-order valence-electron chi connectivity index (χ3n) is 2.57. The number of nitrogens with two attached hydrogens (primary N) is 1. The van der Waals surface area contributed by atoms with Crippen molar-refractivity contribution in [2.75, 3.05) is 13.4 Å². The summed E-state index contributed by atoms with van der Waals surface area (Å²) in [6.45, 7) is 2.32. The van der Waals surface area contributed by atoms with Crippen molar-refractivity contribution in [3.05, 3.63) is 22.2 Å². The zero-order valence-electron chi connectivity index (χ0n) is 9.94. The molecule has 1 aliphatic heterocycles. The van der Waals surface area contributed by atoms with Crippen LogP contribution in [0.25, 0.3) is 0 Å². The van der Waals surface area contributed by atoms with Gasteiger partial charge in [0.25, 0.3) is 0 Å². The summed E-state index contributed by atoms with van der Waals surface area (Å²) in [7, 11) is 0. The lowest BCUT2D eigenvalue weighted by molar-refractivity contribution is -0.143. The van der Waals surface area contributed by atoms with E-state index in [1.54, 1.807) is 13.0 Å². The third-order valence-corrected chi connectivity index (χ3v) is 3.16. The lowest BCUT2D eigenvalue weighted by atomic mass is 10.0. The third kappa shape index (κ3) is 2.76. The number of hydrogen-bond donors (Lipinski definition) is 1. The SMILES string of the molecule is CCOC(=O)C[C@H](N)c1cc(Br)c2c(c1)OCO2. The van der Waals surface area contributed by atoms with Crippen LogP contribution in [0.15, 0.2) is 16.6 Å². The fourth-order valence-corrected chi connectivity index (χ4v) is 2.29. The van der Waals surface area contributed by atoms with E-state index in [1.807, 2.05) is 6.07 Å². The summed E-state index contributed by atoms with van der Waals surface area (Å²) in [4.78, 5) is 11.4. The molecule has 0 bridgehead atoms. The van der Waals surface area contributed by atoms with Gasteiger partial charge in [0, 0.05) is 6.04 Å². The molecule has 2 rings (SSSR count). The van der Waals surface area contributed by atoms with Crippen molar-refractivity contribution in [1.29, 1.82) is 0 Å². The van der Waals surface area contributed by atoms with E-state index in [9.17, 15) is 4.79 Å². The molecule has 5 nitrogen and oxygen atoms in total. The van der Waals surface area contributed by atoms with Crippen molar-refractivity contribution in [3.63, 3.8) is 0 Å². The normalized spacial score (nSPS) is 14.4. The summed E-state index contributed by atoms with van der Waals surface area (Å²) in [5.41, 5.74) is 6.78. The lowest BCUT2D eigenvalue weighted by Gasteiger charge is -2.12. The fraction of sp³-hybridized carbons (Fsp3) is 0.417. The summed E-state index contributed by atoms with van der Waals surface area (Å²) >= 11 is 3.39. The molecule has 0 aromatic heterocycles. The van der Waals surface area contributed by atoms with E-state index in [4.69, 9.17) is 19.9 Å². The van der Waals surface area contributed by atoms with E-state index in [0.717, 1.165) is 10.0 Å². The van der Waals surface area contributed by atoms with Crippen LogP contribution >= 0.6 is 15.9 Å². The number of rotatable bonds is 4. The molecule has 6 heteroatoms. The number of carbonyl (C=O) groups excluding carboxylic acids is 1. The van der Waals surface area contributed by atoms with E-state index in [1.165, 1.54) is 0 Å². The number of carbonyl (C=O) groups is 1. The summed E-state index contributed by atoms with van der Waals surface area (Å²) in [5.74, 6) is 1.000. The molecule has 0 fully saturated rings. The quantitative estimate of drug-likeness (QED) is 0.862. The Morgan fingerprint density at radius 1 is 1.56 bits per heavy atom. The van der Waals surface area contributed by atoms with Gasteiger partial charge in [0.1, 0.15) is 0 Å². The molecule has 0 aliphatic carbocycles. The van der Waals surface area contributed by atoms with Crippen LogP contribution in [0, 0.1) is 0 Å². The Bertz CT molecular complexity index is 464. The minimum absolute atomic E-state index is 0.139. The first-order valence-corrected chi connectivity index (χ1v) is 6.41. The largest absolute Gasteiger partial charge is 0.466 e. The number of fused-ring (bicyclic) bond motifs is 1. The van der Waals surface area contributed by atoms with Gasteiger partial charge in [-0.2, -0.15) is 0 Å². The first-order valence-electron chi connectivity index (χ1n) is 5.62. The van der Waals surface area contributed by atoms with E-state index >= 15 is 0 Å². The molecule has 18 heavy (non-hydrogen) atoms. The van der Waals surface area contributed by atoms with Gasteiger partial charge in [-0.15, -0.1) is 0 Å². The molecular formula is C12H14BrNO4. The molecule has 0 saturated carbocycles. The molecule has 0 spiro atoms. The first-order chi connectivity index (χ1) is 8.61. The maximum absolute atomic E-state index is 11.4. The van der Waals surface area contributed by atoms with Gasteiger partial charge in [-0.1, -0.05) is 0 Å². The van der Waals surface area contributed by atoms with Gasteiger partial charge in [-0.05, 0) is 40.5 Å². The number of halogens is 1. The number of benzene rings is 1. The smallest absolute Gasteiger partial charge is 0.307 e. The molecule has 2 N–H and O–H groups in total. The summed E-state index contributed by atoms with van der Waals surface area (Å²) in [5, 5.41) is 0. The second-order valence-corrected chi connectivity index (χ2v) is 4.71. The number of ether oxygens (including phenoxy) is 3. The predicted molar refractivity (Wildman–Crippen MR) is 68.4 cm³/mol. The minimum atomic E-state index is -0.421. The molecule has 98 valence electrons. The Hall–Kier alpha value is -1.27. The van der Waals surface area contributed by atoms with Crippen LogP contribution in [-0.2, 0) is 9.53 Å². The Kier molecular flexibility index (Phi) is 4.08. The molecule has 1 heterocycles. The molecule has 0 radical (unpaired) electrons. The highest BCUT2D eigenvalue weighted by Gasteiger charge is 2.21. The van der Waals surface area contributed by atoms with Crippen molar-refractivity contribution in [3.8, 4) is 11.5 Å². The molecule has 1 aliphatic rings. The van der Waals surface area contributed by atoms with Crippen LogP contribution in [0.4, 0.5) is 0 Å². The van der Waals surface area contributed by atoms with Gasteiger partial charge >= 0.3 is 5.97 Å². The number of esters is 1. The fourth-order valence-electron chi connectivity index (χ4n) is 1.72. The van der Waals surface area contributed by atoms with Gasteiger partial charge in [-0.25, -0.2) is 0 Å². The van der Waals surface area contributed by atoms with Gasteiger partial charge in [0.2, 0.25) is 6.79 Å². The van der Waals surface area contributed by atoms with Gasteiger partial charge < -0.3 is 19.9 Å². The molecule has 0 amide bonds. The van der Waals surface area contributed by atoms with Crippen molar-refractivity contribution >= 4 is 21.9 Å². The van der Waals surface area contributed by atoms with Crippen molar-refractivity contribution < 1.29 is 19.0 Å². The first kappa shape index (κ1) is 13.2. The van der Waals surface area contributed by atoms with E-state index in [0.29, 0.717) is 18.1 Å². The lowest BCUT2D eigenvalue weighted by Crippen LogP contribution is -2.17. The molecule has 1 atom stereocenters. The minimum Gasteiger partial charge on any atom is -0.466 e. The van der Waals surface area contributed by atoms with Crippen molar-refractivity contribution in [1.82, 2.24) is 0 Å². The van der Waals surface area contributed by atoms with Gasteiger partial charge in [0.05, 0.1) is 17.5 Å². The van der Waals surface area contributed by atoms with Gasteiger partial charge in [0.15, 0.2) is 11.5 Å². The molecule has 0 unspecified atom stereocenters. The van der Waals surface area contributed by atoms with Crippen LogP contribution in [-0.4, -0.2) is 19.4 Å². The van der Waals surface area contributed by atoms with Gasteiger partial charge in [-0.3, -0.25) is 4.79 Å².